The van der Waals surface area contributed by atoms with Gasteiger partial charge in [0.15, 0.2) is 10.8 Å². The summed E-state index contributed by atoms with van der Waals surface area (Å²) >= 11 is 5.46. The second kappa shape index (κ2) is 5.67. The Balaban J connectivity index is 2.12. The zero-order valence-corrected chi connectivity index (χ0v) is 14.8. The van der Waals surface area contributed by atoms with Gasteiger partial charge in [-0.25, -0.2) is 0 Å². The molecule has 3 rings (SSSR count). The number of fused-ring (bicyclic) bond motifs is 4. The number of ether oxygens (including phenoxy) is 1. The number of carbonyl (C=O) groups is 1. The zero-order chi connectivity index (χ0) is 16.8. The van der Waals surface area contributed by atoms with E-state index < -0.39 is 5.72 Å². The molecule has 1 aromatic carbocycles. The minimum atomic E-state index is -0.791. The number of carbonyl (C=O) groups excluding carboxylic acids is 1. The van der Waals surface area contributed by atoms with E-state index in [0.717, 1.165) is 11.3 Å². The van der Waals surface area contributed by atoms with Gasteiger partial charge >= 0.3 is 0 Å². The normalized spacial score (nSPS) is 28.5. The molecule has 2 aliphatic heterocycles. The molecule has 2 aliphatic rings. The van der Waals surface area contributed by atoms with E-state index in [1.54, 1.807) is 0 Å². The van der Waals surface area contributed by atoms with Gasteiger partial charge in [-0.2, -0.15) is 0 Å². The molecule has 1 saturated heterocycles. The van der Waals surface area contributed by atoms with Crippen molar-refractivity contribution in [3.63, 3.8) is 0 Å². The van der Waals surface area contributed by atoms with Crippen LogP contribution in [0.1, 0.15) is 32.4 Å². The first kappa shape index (κ1) is 16.1. The van der Waals surface area contributed by atoms with Gasteiger partial charge in [-0.15, -0.1) is 0 Å². The number of nitrogens with zero attached hydrogens (tertiary/aromatic N) is 2. The van der Waals surface area contributed by atoms with Crippen LogP contribution in [-0.4, -0.2) is 46.7 Å². The number of rotatable bonds is 3. The quantitative estimate of drug-likeness (QED) is 0.859. The summed E-state index contributed by atoms with van der Waals surface area (Å²) < 4.78 is 6.30. The maximum Gasteiger partial charge on any atom is 0.234 e. The van der Waals surface area contributed by atoms with Crippen molar-refractivity contribution in [1.82, 2.24) is 15.1 Å². The van der Waals surface area contributed by atoms with Crippen LogP contribution in [0, 0.1) is 5.92 Å². The highest BCUT2D eigenvalue weighted by atomic mass is 32.1. The van der Waals surface area contributed by atoms with Crippen molar-refractivity contribution in [2.75, 3.05) is 20.1 Å². The fraction of sp³-hybridized carbons (Fsp3) is 0.529. The molecule has 0 radical (unpaired) electrons. The van der Waals surface area contributed by atoms with Crippen molar-refractivity contribution in [3.8, 4) is 5.75 Å². The average Bonchev–Trinajstić information content (AvgIpc) is 2.53. The van der Waals surface area contributed by atoms with Crippen molar-refractivity contribution >= 4 is 23.2 Å². The average molecular weight is 333 g/mol. The maximum atomic E-state index is 13.2. The smallest absolute Gasteiger partial charge is 0.234 e. The number of para-hydroxylation sites is 1. The Labute approximate surface area is 142 Å². The largest absolute Gasteiger partial charge is 0.467 e. The Bertz CT molecular complexity index is 646. The lowest BCUT2D eigenvalue weighted by Gasteiger charge is -2.55. The first-order valence-electron chi connectivity index (χ1n) is 8.05. The third-order valence-corrected chi connectivity index (χ3v) is 5.46. The van der Waals surface area contributed by atoms with Gasteiger partial charge in [0.2, 0.25) is 5.91 Å². The van der Waals surface area contributed by atoms with Crippen LogP contribution in [0.3, 0.4) is 0 Å². The Kier molecular flexibility index (Phi) is 3.96. The number of amides is 1. The minimum Gasteiger partial charge on any atom is -0.467 e. The predicted octanol–water partition coefficient (Wildman–Crippen LogP) is 2.14. The fourth-order valence-electron chi connectivity index (χ4n) is 3.58. The van der Waals surface area contributed by atoms with E-state index in [1.165, 1.54) is 0 Å². The highest BCUT2D eigenvalue weighted by Gasteiger charge is 2.58. The monoisotopic (exact) mass is 333 g/mol. The van der Waals surface area contributed by atoms with E-state index in [-0.39, 0.29) is 17.9 Å². The van der Waals surface area contributed by atoms with E-state index in [1.807, 2.05) is 61.9 Å². The first-order chi connectivity index (χ1) is 10.9. The number of thiocarbonyl (C=S) groups is 1. The molecule has 6 heteroatoms. The summed E-state index contributed by atoms with van der Waals surface area (Å²) in [7, 11) is 1.88. The van der Waals surface area contributed by atoms with Gasteiger partial charge in [-0.05, 0) is 39.1 Å². The standard InChI is InChI=1S/C17H23N3O2S/c1-5-20(6-2)15(21)13-14-11-9-7-8-10-12(11)22-17(13,3)19(4)16(23)18-14/h7-10,13-14H,5-6H2,1-4H3,(H,18,23). The van der Waals surface area contributed by atoms with E-state index >= 15 is 0 Å². The molecule has 0 aliphatic carbocycles. The van der Waals surface area contributed by atoms with Gasteiger partial charge < -0.3 is 19.9 Å². The molecule has 124 valence electrons. The van der Waals surface area contributed by atoms with Gasteiger partial charge in [-0.3, -0.25) is 4.79 Å². The number of hydrogen-bond acceptors (Lipinski definition) is 3. The highest BCUT2D eigenvalue weighted by molar-refractivity contribution is 7.80. The predicted molar refractivity (Wildman–Crippen MR) is 93.1 cm³/mol. The summed E-state index contributed by atoms with van der Waals surface area (Å²) in [5, 5.41) is 3.95. The van der Waals surface area contributed by atoms with E-state index in [9.17, 15) is 4.79 Å². The molecule has 3 atom stereocenters. The molecule has 23 heavy (non-hydrogen) atoms. The molecule has 3 unspecified atom stereocenters. The zero-order valence-electron chi connectivity index (χ0n) is 14.0. The lowest BCUT2D eigenvalue weighted by molar-refractivity contribution is -0.160. The maximum absolute atomic E-state index is 13.2. The third-order valence-electron chi connectivity index (χ3n) is 5.07. The number of benzene rings is 1. The summed E-state index contributed by atoms with van der Waals surface area (Å²) in [4.78, 5) is 16.9. The molecule has 5 nitrogen and oxygen atoms in total. The van der Waals surface area contributed by atoms with Crippen LogP contribution in [-0.2, 0) is 4.79 Å². The van der Waals surface area contributed by atoms with Gasteiger partial charge in [0.05, 0.1) is 6.04 Å². The molecule has 0 saturated carbocycles. The van der Waals surface area contributed by atoms with Gasteiger partial charge in [0.25, 0.3) is 0 Å². The SMILES string of the molecule is CCN(CC)C(=O)C1C2NC(=S)N(C)C1(C)Oc1ccccc12. The second-order valence-corrected chi connectivity index (χ2v) is 6.56. The molecular weight excluding hydrogens is 310 g/mol. The highest BCUT2D eigenvalue weighted by Crippen LogP contribution is 2.48. The Morgan fingerprint density at radius 2 is 2.04 bits per heavy atom. The molecule has 1 aromatic rings. The fourth-order valence-corrected chi connectivity index (χ4v) is 3.89. The minimum absolute atomic E-state index is 0.0962. The third kappa shape index (κ3) is 2.27. The first-order valence-corrected chi connectivity index (χ1v) is 8.45. The molecule has 0 spiro atoms. The summed E-state index contributed by atoms with van der Waals surface area (Å²) in [5.74, 6) is 0.554. The number of hydrogen-bond donors (Lipinski definition) is 1. The molecule has 1 fully saturated rings. The molecular formula is C17H23N3O2S. The van der Waals surface area contributed by atoms with Crippen LogP contribution >= 0.6 is 12.2 Å². The van der Waals surface area contributed by atoms with Crippen molar-refractivity contribution in [3.05, 3.63) is 29.8 Å². The molecule has 2 heterocycles. The molecule has 0 aromatic heterocycles. The van der Waals surface area contributed by atoms with Crippen LogP contribution in [0.25, 0.3) is 0 Å². The van der Waals surface area contributed by atoms with Crippen LogP contribution in [0.2, 0.25) is 0 Å². The van der Waals surface area contributed by atoms with Crippen molar-refractivity contribution in [2.24, 2.45) is 5.92 Å². The number of nitrogens with one attached hydrogen (secondary N) is 1. The molecule has 2 bridgehead atoms. The van der Waals surface area contributed by atoms with E-state index in [0.29, 0.717) is 18.2 Å². The lowest BCUT2D eigenvalue weighted by atomic mass is 9.79. The summed E-state index contributed by atoms with van der Waals surface area (Å²) in [6.07, 6.45) is 0. The van der Waals surface area contributed by atoms with Crippen LogP contribution in [0.15, 0.2) is 24.3 Å². The molecule has 1 amide bonds. The van der Waals surface area contributed by atoms with Crippen LogP contribution in [0.4, 0.5) is 0 Å². The second-order valence-electron chi connectivity index (χ2n) is 6.17. The van der Waals surface area contributed by atoms with E-state index in [2.05, 4.69) is 5.32 Å². The Hall–Kier alpha value is -1.82. The topological polar surface area (TPSA) is 44.8 Å². The summed E-state index contributed by atoms with van der Waals surface area (Å²) in [6, 6.07) is 7.70. The summed E-state index contributed by atoms with van der Waals surface area (Å²) in [5.41, 5.74) is 0.201. The molecule has 1 N–H and O–H groups in total. The van der Waals surface area contributed by atoms with Gasteiger partial charge in [0.1, 0.15) is 11.7 Å². The lowest BCUT2D eigenvalue weighted by Crippen LogP contribution is -2.71. The van der Waals surface area contributed by atoms with Crippen molar-refractivity contribution in [1.29, 1.82) is 0 Å². The van der Waals surface area contributed by atoms with Crippen LogP contribution < -0.4 is 10.1 Å². The van der Waals surface area contributed by atoms with Crippen molar-refractivity contribution in [2.45, 2.75) is 32.5 Å². The van der Waals surface area contributed by atoms with Crippen molar-refractivity contribution < 1.29 is 9.53 Å². The van der Waals surface area contributed by atoms with E-state index in [4.69, 9.17) is 17.0 Å². The Morgan fingerprint density at radius 3 is 2.70 bits per heavy atom. The van der Waals surface area contributed by atoms with Crippen LogP contribution in [0.5, 0.6) is 5.75 Å². The van der Waals surface area contributed by atoms with Gasteiger partial charge in [-0.1, -0.05) is 18.2 Å². The Morgan fingerprint density at radius 1 is 1.39 bits per heavy atom. The van der Waals surface area contributed by atoms with Gasteiger partial charge in [0, 0.05) is 25.7 Å². The summed E-state index contributed by atoms with van der Waals surface area (Å²) in [6.45, 7) is 7.32.